The van der Waals surface area contributed by atoms with Crippen LogP contribution in [-0.2, 0) is 17.3 Å². The molecule has 1 aliphatic heterocycles. The molecule has 8 aromatic rings. The first-order valence-corrected chi connectivity index (χ1v) is 20.6. The van der Waals surface area contributed by atoms with Gasteiger partial charge in [0.15, 0.2) is 0 Å². The maximum atomic E-state index is 8.64. The zero-order valence-corrected chi connectivity index (χ0v) is 35.1. The molecular formula is C55H56N4O. The smallest absolute Gasteiger partial charge is 0.137 e. The molecule has 3 heterocycles. The number of hydrogen-bond donors (Lipinski definition) is 0. The number of benzene rings is 6. The molecule has 0 saturated carbocycles. The van der Waals surface area contributed by atoms with Crippen LogP contribution in [0.3, 0.4) is 0 Å². The van der Waals surface area contributed by atoms with Gasteiger partial charge < -0.3 is 14.5 Å². The standard InChI is InChI=1S/C55H56N4O/c1-36-16-14-20-47(53-37(2)30-40(31-38(53)3)55(7,8)9)44(36)27-29-57-35-58(50-23-13-12-22-49(50)57)41-17-15-18-42(33-41)60-43-24-25-46-45-19-10-11-21-48(45)59(51(46)34-43)52-32-39(26-28-56-52)54(4,5)6/h10-26,28,30-34H,27,29,35H2,1-9H3/i1D3,2D3,3D3. The molecular weight excluding hydrogens is 733 g/mol. The Kier molecular flexibility index (Phi) is 7.48. The van der Waals surface area contributed by atoms with Gasteiger partial charge in [0.05, 0.1) is 29.1 Å². The maximum absolute atomic E-state index is 8.64. The number of hydrogen-bond acceptors (Lipinski definition) is 4. The molecule has 0 N–H and O–H groups in total. The van der Waals surface area contributed by atoms with E-state index in [1.54, 1.807) is 24.3 Å². The fourth-order valence-corrected chi connectivity index (χ4v) is 8.52. The number of fused-ring (bicyclic) bond motifs is 4. The summed E-state index contributed by atoms with van der Waals surface area (Å²) in [5.74, 6) is 2.14. The first-order chi connectivity index (χ1) is 32.4. The van der Waals surface area contributed by atoms with Crippen LogP contribution in [0.2, 0.25) is 0 Å². The van der Waals surface area contributed by atoms with Gasteiger partial charge in [0.1, 0.15) is 17.3 Å². The average molecular weight is 798 g/mol. The Hall–Kier alpha value is -6.33. The average Bonchev–Trinajstić information content (AvgIpc) is 3.82. The van der Waals surface area contributed by atoms with Crippen molar-refractivity contribution in [2.75, 3.05) is 23.0 Å². The summed E-state index contributed by atoms with van der Waals surface area (Å²) in [6.45, 7) is 5.11. The fourth-order valence-electron chi connectivity index (χ4n) is 8.52. The predicted octanol–water partition coefficient (Wildman–Crippen LogP) is 14.3. The summed E-state index contributed by atoms with van der Waals surface area (Å²) in [4.78, 5) is 9.18. The Balaban J connectivity index is 1.05. The number of aryl methyl sites for hydroxylation is 3. The minimum absolute atomic E-state index is 0.0383. The highest BCUT2D eigenvalue weighted by atomic mass is 16.5. The molecule has 5 nitrogen and oxygen atoms in total. The van der Waals surface area contributed by atoms with Gasteiger partial charge in [-0.25, -0.2) is 4.98 Å². The van der Waals surface area contributed by atoms with Crippen LogP contribution in [0.25, 0.3) is 38.8 Å². The first kappa shape index (κ1) is 29.8. The van der Waals surface area contributed by atoms with Crippen molar-refractivity contribution in [1.29, 1.82) is 0 Å². The highest BCUT2D eigenvalue weighted by molar-refractivity contribution is 6.09. The summed E-state index contributed by atoms with van der Waals surface area (Å²) < 4.78 is 86.5. The second-order valence-corrected chi connectivity index (χ2v) is 17.9. The SMILES string of the molecule is [2H]C([2H])([2H])c1cccc(-c2c(C([2H])([2H])[2H])cc(C(C)(C)C)cc2C([2H])([2H])[2H])c1CCN1CN(c2cccc(Oc3ccc4c5ccccc5n(-c5cc(C(C)(C)C)ccn5)c4c3)c2)c2ccccc21. The Labute approximate surface area is 368 Å². The molecule has 0 amide bonds. The second-order valence-electron chi connectivity index (χ2n) is 17.9. The summed E-state index contributed by atoms with van der Waals surface area (Å²) in [6.07, 6.45) is 2.06. The lowest BCUT2D eigenvalue weighted by molar-refractivity contribution is 0.483. The van der Waals surface area contributed by atoms with Crippen molar-refractivity contribution in [1.82, 2.24) is 9.55 Å². The van der Waals surface area contributed by atoms with Gasteiger partial charge in [0.25, 0.3) is 0 Å². The van der Waals surface area contributed by atoms with Crippen molar-refractivity contribution in [2.24, 2.45) is 0 Å². The fraction of sp³-hybridized carbons (Fsp3) is 0.255. The van der Waals surface area contributed by atoms with E-state index in [1.807, 2.05) is 87.6 Å². The maximum Gasteiger partial charge on any atom is 0.137 e. The van der Waals surface area contributed by atoms with E-state index < -0.39 is 26.0 Å². The Morgan fingerprint density at radius 1 is 0.617 bits per heavy atom. The van der Waals surface area contributed by atoms with Crippen LogP contribution in [0, 0.1) is 20.6 Å². The zero-order chi connectivity index (χ0) is 49.4. The van der Waals surface area contributed by atoms with E-state index in [0.717, 1.165) is 44.7 Å². The lowest BCUT2D eigenvalue weighted by Gasteiger charge is -2.25. The van der Waals surface area contributed by atoms with E-state index >= 15 is 0 Å². The van der Waals surface area contributed by atoms with Crippen LogP contribution in [0.5, 0.6) is 11.5 Å². The number of rotatable bonds is 8. The van der Waals surface area contributed by atoms with E-state index in [9.17, 15) is 0 Å². The van der Waals surface area contributed by atoms with E-state index in [2.05, 4.69) is 77.6 Å². The number of pyridine rings is 1. The number of para-hydroxylation sites is 3. The van der Waals surface area contributed by atoms with E-state index in [1.165, 1.54) is 11.6 Å². The topological polar surface area (TPSA) is 33.5 Å². The van der Waals surface area contributed by atoms with Crippen LogP contribution in [0.4, 0.5) is 17.1 Å². The summed E-state index contributed by atoms with van der Waals surface area (Å²) in [6, 6.07) is 42.6. The van der Waals surface area contributed by atoms with E-state index in [-0.39, 0.29) is 34.1 Å². The van der Waals surface area contributed by atoms with Crippen molar-refractivity contribution in [3.63, 3.8) is 0 Å². The zero-order valence-electron chi connectivity index (χ0n) is 44.1. The van der Waals surface area contributed by atoms with Gasteiger partial charge in [-0.05, 0) is 137 Å². The summed E-state index contributed by atoms with van der Waals surface area (Å²) >= 11 is 0. The normalized spacial score (nSPS) is 15.9. The molecule has 0 saturated heterocycles. The highest BCUT2D eigenvalue weighted by Gasteiger charge is 2.28. The largest absolute Gasteiger partial charge is 0.457 e. The molecule has 5 heteroatoms. The number of ether oxygens (including phenoxy) is 1. The van der Waals surface area contributed by atoms with Crippen molar-refractivity contribution >= 4 is 38.9 Å². The minimum atomic E-state index is -2.70. The van der Waals surface area contributed by atoms with Crippen molar-refractivity contribution in [2.45, 2.75) is 79.3 Å². The molecule has 1 aliphatic rings. The van der Waals surface area contributed by atoms with Gasteiger partial charge in [-0.2, -0.15) is 0 Å². The monoisotopic (exact) mass is 798 g/mol. The third-order valence-electron chi connectivity index (χ3n) is 11.8. The first-order valence-electron chi connectivity index (χ1n) is 25.1. The summed E-state index contributed by atoms with van der Waals surface area (Å²) in [5, 5.41) is 2.21. The molecule has 0 spiro atoms. The Bertz CT molecular complexity index is 3210. The quantitative estimate of drug-likeness (QED) is 0.153. The van der Waals surface area contributed by atoms with Crippen molar-refractivity contribution in [3.8, 4) is 28.4 Å². The highest BCUT2D eigenvalue weighted by Crippen LogP contribution is 2.43. The van der Waals surface area contributed by atoms with Gasteiger partial charge in [0, 0.05) is 53.7 Å². The van der Waals surface area contributed by atoms with E-state index in [0.29, 0.717) is 41.4 Å². The van der Waals surface area contributed by atoms with Gasteiger partial charge in [-0.15, -0.1) is 0 Å². The van der Waals surface area contributed by atoms with Gasteiger partial charge in [0.2, 0.25) is 0 Å². The molecule has 302 valence electrons. The predicted molar refractivity (Wildman–Crippen MR) is 253 cm³/mol. The molecule has 0 atom stereocenters. The molecule has 0 radical (unpaired) electrons. The van der Waals surface area contributed by atoms with Gasteiger partial charge in [-0.1, -0.05) is 108 Å². The third-order valence-corrected chi connectivity index (χ3v) is 11.8. The van der Waals surface area contributed by atoms with Crippen LogP contribution in [0.15, 0.2) is 140 Å². The molecule has 0 unspecified atom stereocenters. The van der Waals surface area contributed by atoms with Crippen LogP contribution in [-0.4, -0.2) is 22.8 Å². The number of anilines is 3. The van der Waals surface area contributed by atoms with Crippen molar-refractivity contribution in [3.05, 3.63) is 173 Å². The summed E-state index contributed by atoms with van der Waals surface area (Å²) in [7, 11) is 0. The molecule has 6 aromatic carbocycles. The van der Waals surface area contributed by atoms with Crippen molar-refractivity contribution < 1.29 is 17.1 Å². The Morgan fingerprint density at radius 2 is 1.32 bits per heavy atom. The lowest BCUT2D eigenvalue weighted by Crippen LogP contribution is -2.30. The van der Waals surface area contributed by atoms with E-state index in [4.69, 9.17) is 22.1 Å². The van der Waals surface area contributed by atoms with Crippen LogP contribution in [0.1, 0.15) is 87.3 Å². The molecule has 0 bridgehead atoms. The summed E-state index contributed by atoms with van der Waals surface area (Å²) in [5.41, 5.74) is 6.46. The third kappa shape index (κ3) is 7.21. The number of aromatic nitrogens is 2. The van der Waals surface area contributed by atoms with Crippen LogP contribution < -0.4 is 14.5 Å². The van der Waals surface area contributed by atoms with Gasteiger partial charge >= 0.3 is 0 Å². The molecule has 0 aliphatic carbocycles. The minimum Gasteiger partial charge on any atom is -0.457 e. The molecule has 60 heavy (non-hydrogen) atoms. The van der Waals surface area contributed by atoms with Gasteiger partial charge in [-0.3, -0.25) is 4.57 Å². The second kappa shape index (κ2) is 15.0. The molecule has 9 rings (SSSR count). The Morgan fingerprint density at radius 3 is 2.08 bits per heavy atom. The number of nitrogens with zero attached hydrogens (tertiary/aromatic N) is 4. The van der Waals surface area contributed by atoms with Crippen LogP contribution >= 0.6 is 0 Å². The molecule has 0 fully saturated rings. The lowest BCUT2D eigenvalue weighted by atomic mass is 9.81. The molecule has 2 aromatic heterocycles.